The van der Waals surface area contributed by atoms with E-state index in [4.69, 9.17) is 15.2 Å². The van der Waals surface area contributed by atoms with Crippen LogP contribution in [-0.4, -0.2) is 33.7 Å². The lowest BCUT2D eigenvalue weighted by Gasteiger charge is -2.24. The van der Waals surface area contributed by atoms with Crippen molar-refractivity contribution in [2.24, 2.45) is 0 Å². The molecule has 0 radical (unpaired) electrons. The molecule has 5 rings (SSSR count). The van der Waals surface area contributed by atoms with Crippen molar-refractivity contribution in [1.29, 1.82) is 0 Å². The second kappa shape index (κ2) is 6.73. The number of nitrogens with two attached hydrogens (primary N) is 1. The minimum Gasteiger partial charge on any atom is -0.497 e. The molecule has 0 aliphatic carbocycles. The molecular weight excluding hydrogens is 373 g/mol. The zero-order valence-electron chi connectivity index (χ0n) is 15.6. The minimum atomic E-state index is -0.420. The largest absolute Gasteiger partial charge is 0.497 e. The lowest BCUT2D eigenvalue weighted by molar-refractivity contribution is 0.257. The van der Waals surface area contributed by atoms with Gasteiger partial charge in [-0.3, -0.25) is 0 Å². The van der Waals surface area contributed by atoms with E-state index in [0.717, 1.165) is 23.5 Å². The number of aromatic nitrogens is 4. The summed E-state index contributed by atoms with van der Waals surface area (Å²) in [4.78, 5) is 15.8. The summed E-state index contributed by atoms with van der Waals surface area (Å²) in [7, 11) is 1.63. The van der Waals surface area contributed by atoms with E-state index in [-0.39, 0.29) is 11.9 Å². The van der Waals surface area contributed by atoms with E-state index in [0.29, 0.717) is 34.7 Å². The highest BCUT2D eigenvalue weighted by Gasteiger charge is 2.25. The van der Waals surface area contributed by atoms with Crippen LogP contribution in [-0.2, 0) is 6.42 Å². The van der Waals surface area contributed by atoms with E-state index in [2.05, 4.69) is 19.9 Å². The van der Waals surface area contributed by atoms with Gasteiger partial charge in [-0.05, 0) is 48.4 Å². The Bertz CT molecular complexity index is 1220. The quantitative estimate of drug-likeness (QED) is 0.555. The summed E-state index contributed by atoms with van der Waals surface area (Å²) in [5.41, 5.74) is 8.74. The molecule has 0 unspecified atom stereocenters. The highest BCUT2D eigenvalue weighted by Crippen LogP contribution is 2.35. The molecule has 3 N–H and O–H groups in total. The minimum absolute atomic E-state index is 0.0143. The molecule has 4 aromatic rings. The van der Waals surface area contributed by atoms with Crippen LogP contribution in [0.15, 0.2) is 42.6 Å². The number of halogens is 1. The van der Waals surface area contributed by atoms with Gasteiger partial charge in [-0.15, -0.1) is 0 Å². The Morgan fingerprint density at radius 2 is 2.10 bits per heavy atom. The molecule has 0 bridgehead atoms. The Morgan fingerprint density at radius 3 is 2.93 bits per heavy atom. The van der Waals surface area contributed by atoms with E-state index in [1.807, 2.05) is 24.3 Å². The summed E-state index contributed by atoms with van der Waals surface area (Å²) in [5.74, 6) is 2.01. The van der Waals surface area contributed by atoms with Crippen LogP contribution in [0.2, 0.25) is 0 Å². The third-order valence-corrected chi connectivity index (χ3v) is 5.09. The lowest BCUT2D eigenvalue weighted by Crippen LogP contribution is -2.20. The van der Waals surface area contributed by atoms with Crippen LogP contribution in [0.5, 0.6) is 11.5 Å². The highest BCUT2D eigenvalue weighted by molar-refractivity contribution is 5.82. The Balaban J connectivity index is 1.51. The second-order valence-electron chi connectivity index (χ2n) is 6.96. The molecule has 29 heavy (non-hydrogen) atoms. The molecule has 0 fully saturated rings. The number of ether oxygens (including phenoxy) is 2. The van der Waals surface area contributed by atoms with Crippen molar-refractivity contribution in [2.45, 2.75) is 12.3 Å². The molecule has 2 aromatic heterocycles. The molecule has 0 spiro atoms. The monoisotopic (exact) mass is 391 g/mol. The van der Waals surface area contributed by atoms with Crippen LogP contribution in [0, 0.1) is 5.82 Å². The number of nitrogens with one attached hydrogen (secondary N) is 1. The zero-order valence-corrected chi connectivity index (χ0v) is 15.6. The molecular formula is C21H18FN5O2. The number of nitrogens with zero attached hydrogens (tertiary/aromatic N) is 3. The van der Waals surface area contributed by atoms with Crippen LogP contribution < -0.4 is 15.2 Å². The van der Waals surface area contributed by atoms with Crippen molar-refractivity contribution in [2.75, 3.05) is 19.5 Å². The zero-order chi connectivity index (χ0) is 20.0. The number of benzene rings is 2. The smallest absolute Gasteiger partial charge is 0.220 e. The van der Waals surface area contributed by atoms with Gasteiger partial charge >= 0.3 is 0 Å². The topological polar surface area (TPSA) is 98.9 Å². The molecule has 0 saturated heterocycles. The standard InChI is InChI=1S/C21H18FN5O2/c1-28-14-2-3-18-12(7-14)6-13(10-29-18)20-25-17-9-11(8-15(22)19(17)27-20)16-4-5-24-21(23)26-16/h2-5,7-9,13H,6,10H2,1H3,(H,25,27)(H2,23,24,26)/t13-/m1/s1. The molecule has 1 aliphatic rings. The molecule has 0 amide bonds. The van der Waals surface area contributed by atoms with Gasteiger partial charge in [0.05, 0.1) is 30.8 Å². The summed E-state index contributed by atoms with van der Waals surface area (Å²) in [6.45, 7) is 0.468. The molecule has 3 heterocycles. The van der Waals surface area contributed by atoms with Gasteiger partial charge in [-0.25, -0.2) is 19.3 Å². The molecule has 2 aromatic carbocycles. The van der Waals surface area contributed by atoms with Gasteiger partial charge in [-0.2, -0.15) is 0 Å². The number of nitrogen functional groups attached to an aromatic ring is 1. The van der Waals surface area contributed by atoms with Gasteiger partial charge < -0.3 is 20.2 Å². The number of imidazole rings is 1. The summed E-state index contributed by atoms with van der Waals surface area (Å²) < 4.78 is 25.9. The van der Waals surface area contributed by atoms with E-state index in [1.54, 1.807) is 19.4 Å². The number of aromatic amines is 1. The molecule has 1 aliphatic heterocycles. The maximum Gasteiger partial charge on any atom is 0.220 e. The normalized spacial score (nSPS) is 15.7. The van der Waals surface area contributed by atoms with Crippen molar-refractivity contribution in [1.82, 2.24) is 19.9 Å². The maximum absolute atomic E-state index is 14.7. The van der Waals surface area contributed by atoms with Gasteiger partial charge in [-0.1, -0.05) is 0 Å². The van der Waals surface area contributed by atoms with Crippen molar-refractivity contribution in [3.63, 3.8) is 0 Å². The predicted molar refractivity (Wildman–Crippen MR) is 106 cm³/mol. The van der Waals surface area contributed by atoms with E-state index in [9.17, 15) is 4.39 Å². The predicted octanol–water partition coefficient (Wildman–Crippen LogP) is 3.47. The fourth-order valence-electron chi connectivity index (χ4n) is 3.64. The van der Waals surface area contributed by atoms with Crippen molar-refractivity contribution < 1.29 is 13.9 Å². The first-order chi connectivity index (χ1) is 14.1. The van der Waals surface area contributed by atoms with Crippen LogP contribution in [0.3, 0.4) is 0 Å². The van der Waals surface area contributed by atoms with Crippen LogP contribution >= 0.6 is 0 Å². The molecule has 8 heteroatoms. The third-order valence-electron chi connectivity index (χ3n) is 5.09. The lowest BCUT2D eigenvalue weighted by atomic mass is 9.96. The third kappa shape index (κ3) is 3.12. The van der Waals surface area contributed by atoms with Gasteiger partial charge in [0.15, 0.2) is 5.82 Å². The van der Waals surface area contributed by atoms with E-state index >= 15 is 0 Å². The SMILES string of the molecule is COc1ccc2c(c1)C[C@@H](c1nc3c(F)cc(-c4ccnc(N)n4)cc3[nH]1)CO2. The van der Waals surface area contributed by atoms with Gasteiger partial charge in [0, 0.05) is 11.8 Å². The first-order valence-electron chi connectivity index (χ1n) is 9.18. The molecule has 0 saturated carbocycles. The second-order valence-corrected chi connectivity index (χ2v) is 6.96. The van der Waals surface area contributed by atoms with Crippen LogP contribution in [0.25, 0.3) is 22.3 Å². The Morgan fingerprint density at radius 1 is 1.21 bits per heavy atom. The fraction of sp³-hybridized carbons (Fsp3) is 0.190. The average molecular weight is 391 g/mol. The van der Waals surface area contributed by atoms with Gasteiger partial charge in [0.2, 0.25) is 5.95 Å². The Labute approximate surface area is 165 Å². The van der Waals surface area contributed by atoms with Crippen molar-refractivity contribution in [3.05, 3.63) is 59.8 Å². The average Bonchev–Trinajstić information content (AvgIpc) is 3.18. The summed E-state index contributed by atoms with van der Waals surface area (Å²) in [6, 6.07) is 10.7. The van der Waals surface area contributed by atoms with E-state index < -0.39 is 5.82 Å². The molecule has 1 atom stereocenters. The summed E-state index contributed by atoms with van der Waals surface area (Å²) >= 11 is 0. The number of hydrogen-bond acceptors (Lipinski definition) is 6. The van der Waals surface area contributed by atoms with Crippen molar-refractivity contribution >= 4 is 17.0 Å². The van der Waals surface area contributed by atoms with Crippen molar-refractivity contribution in [3.8, 4) is 22.8 Å². The number of methoxy groups -OCH3 is 1. The number of rotatable bonds is 3. The molecule has 146 valence electrons. The highest BCUT2D eigenvalue weighted by atomic mass is 19.1. The Hall–Kier alpha value is -3.68. The van der Waals surface area contributed by atoms with Crippen LogP contribution in [0.1, 0.15) is 17.3 Å². The summed E-state index contributed by atoms with van der Waals surface area (Å²) in [5, 5.41) is 0. The fourth-order valence-corrected chi connectivity index (χ4v) is 3.64. The molecule has 7 nitrogen and oxygen atoms in total. The maximum atomic E-state index is 14.7. The Kier molecular flexibility index (Phi) is 4.04. The first-order valence-corrected chi connectivity index (χ1v) is 9.18. The number of anilines is 1. The number of fused-ring (bicyclic) bond motifs is 2. The first kappa shape index (κ1) is 17.4. The van der Waals surface area contributed by atoms with E-state index in [1.165, 1.54) is 6.07 Å². The number of hydrogen-bond donors (Lipinski definition) is 2. The van der Waals surface area contributed by atoms with Gasteiger partial charge in [0.25, 0.3) is 0 Å². The summed E-state index contributed by atoms with van der Waals surface area (Å²) in [6.07, 6.45) is 2.27. The van der Waals surface area contributed by atoms with Gasteiger partial charge in [0.1, 0.15) is 22.8 Å². The van der Waals surface area contributed by atoms with Crippen LogP contribution in [0.4, 0.5) is 10.3 Å². The number of H-pyrrole nitrogens is 1.